The SMILES string of the molecule is CC(C)CCS(=O)(=O)CC[C@H](O)[C@H](CC(C)C)NC(=O)[C@H](C)NC(=O)[C@H](Cc1ccccc1)NC(=O)OC(C)(C)C. The Kier molecular flexibility index (Phi) is 14.8. The molecule has 1 rings (SSSR count). The van der Waals surface area contributed by atoms with Gasteiger partial charge in [0.2, 0.25) is 11.8 Å². The first kappa shape index (κ1) is 36.4. The van der Waals surface area contributed by atoms with Crippen molar-refractivity contribution in [2.45, 2.75) is 111 Å². The number of hydrogen-bond acceptors (Lipinski definition) is 7. The van der Waals surface area contributed by atoms with Crippen molar-refractivity contribution < 1.29 is 32.6 Å². The molecule has 4 N–H and O–H groups in total. The van der Waals surface area contributed by atoms with Crippen molar-refractivity contribution in [1.29, 1.82) is 0 Å². The van der Waals surface area contributed by atoms with Gasteiger partial charge in [0.15, 0.2) is 0 Å². The van der Waals surface area contributed by atoms with E-state index in [-0.39, 0.29) is 36.2 Å². The summed E-state index contributed by atoms with van der Waals surface area (Å²) in [5.41, 5.74) is 0.0506. The number of rotatable bonds is 16. The van der Waals surface area contributed by atoms with Gasteiger partial charge in [-0.25, -0.2) is 13.2 Å². The summed E-state index contributed by atoms with van der Waals surface area (Å²) in [5, 5.41) is 18.9. The lowest BCUT2D eigenvalue weighted by molar-refractivity contribution is -0.130. The third-order valence-electron chi connectivity index (χ3n) is 6.29. The number of alkyl carbamates (subject to hydrolysis) is 1. The number of ether oxygens (including phenoxy) is 1. The lowest BCUT2D eigenvalue weighted by Crippen LogP contribution is -2.56. The molecule has 0 aliphatic carbocycles. The maximum atomic E-state index is 13.2. The largest absolute Gasteiger partial charge is 0.444 e. The molecule has 1 aromatic rings. The molecule has 0 aliphatic heterocycles. The van der Waals surface area contributed by atoms with Crippen LogP contribution in [0.4, 0.5) is 4.79 Å². The second-order valence-corrected chi connectivity index (χ2v) is 14.9. The predicted molar refractivity (Wildman–Crippen MR) is 161 cm³/mol. The smallest absolute Gasteiger partial charge is 0.408 e. The van der Waals surface area contributed by atoms with Crippen LogP contribution in [0.25, 0.3) is 0 Å². The molecule has 0 aromatic heterocycles. The zero-order valence-electron chi connectivity index (χ0n) is 25.9. The number of benzene rings is 1. The molecule has 11 heteroatoms. The number of carbonyl (C=O) groups is 3. The van der Waals surface area contributed by atoms with Crippen molar-refractivity contribution in [2.24, 2.45) is 11.8 Å². The molecule has 0 spiro atoms. The summed E-state index contributed by atoms with van der Waals surface area (Å²) in [6.07, 6.45) is -0.670. The third kappa shape index (κ3) is 15.8. The van der Waals surface area contributed by atoms with E-state index in [1.165, 1.54) is 6.92 Å². The van der Waals surface area contributed by atoms with E-state index in [1.807, 2.05) is 58.0 Å². The summed E-state index contributed by atoms with van der Waals surface area (Å²) in [4.78, 5) is 38.7. The average molecular weight is 598 g/mol. The normalized spacial score (nSPS) is 15.1. The second-order valence-electron chi connectivity index (χ2n) is 12.6. The van der Waals surface area contributed by atoms with E-state index in [0.717, 1.165) is 5.56 Å². The van der Waals surface area contributed by atoms with Crippen LogP contribution >= 0.6 is 0 Å². The van der Waals surface area contributed by atoms with Crippen LogP contribution in [0, 0.1) is 11.8 Å². The molecule has 0 saturated carbocycles. The highest BCUT2D eigenvalue weighted by Crippen LogP contribution is 2.14. The van der Waals surface area contributed by atoms with E-state index in [1.54, 1.807) is 20.8 Å². The van der Waals surface area contributed by atoms with Crippen molar-refractivity contribution >= 4 is 27.7 Å². The van der Waals surface area contributed by atoms with Crippen LogP contribution in [0.2, 0.25) is 0 Å². The van der Waals surface area contributed by atoms with Crippen molar-refractivity contribution in [3.05, 3.63) is 35.9 Å². The summed E-state index contributed by atoms with van der Waals surface area (Å²) < 4.78 is 30.1. The van der Waals surface area contributed by atoms with Gasteiger partial charge in [-0.05, 0) is 64.4 Å². The average Bonchev–Trinajstić information content (AvgIpc) is 2.84. The van der Waals surface area contributed by atoms with Crippen molar-refractivity contribution in [2.75, 3.05) is 11.5 Å². The molecule has 0 fully saturated rings. The van der Waals surface area contributed by atoms with Gasteiger partial charge in [-0.15, -0.1) is 0 Å². The number of aliphatic hydroxyl groups is 1. The van der Waals surface area contributed by atoms with E-state index in [9.17, 15) is 27.9 Å². The lowest BCUT2D eigenvalue weighted by atomic mass is 9.97. The Bertz CT molecular complexity index is 1070. The Hall–Kier alpha value is -2.66. The van der Waals surface area contributed by atoms with Gasteiger partial charge < -0.3 is 25.8 Å². The number of aliphatic hydroxyl groups excluding tert-OH is 1. The maximum absolute atomic E-state index is 13.2. The third-order valence-corrected chi connectivity index (χ3v) is 8.01. The van der Waals surface area contributed by atoms with E-state index in [0.29, 0.717) is 12.8 Å². The molecule has 0 aliphatic rings. The monoisotopic (exact) mass is 597 g/mol. The molecule has 41 heavy (non-hydrogen) atoms. The first-order chi connectivity index (χ1) is 18.9. The van der Waals surface area contributed by atoms with E-state index in [2.05, 4.69) is 16.0 Å². The Morgan fingerprint density at radius 1 is 0.854 bits per heavy atom. The first-order valence-electron chi connectivity index (χ1n) is 14.4. The minimum absolute atomic E-state index is 0.00219. The highest BCUT2D eigenvalue weighted by atomic mass is 32.2. The van der Waals surface area contributed by atoms with Crippen molar-refractivity contribution in [1.82, 2.24) is 16.0 Å². The van der Waals surface area contributed by atoms with Gasteiger partial charge in [0.25, 0.3) is 0 Å². The summed E-state index contributed by atoms with van der Waals surface area (Å²) in [6, 6.07) is 6.46. The van der Waals surface area contributed by atoms with Crippen LogP contribution < -0.4 is 16.0 Å². The van der Waals surface area contributed by atoms with E-state index in [4.69, 9.17) is 4.74 Å². The molecular formula is C30H51N3O7S. The number of sulfone groups is 1. The second kappa shape index (κ2) is 16.7. The molecule has 0 bridgehead atoms. The van der Waals surface area contributed by atoms with Gasteiger partial charge in [0, 0.05) is 6.42 Å². The van der Waals surface area contributed by atoms with Gasteiger partial charge in [-0.2, -0.15) is 0 Å². The zero-order valence-corrected chi connectivity index (χ0v) is 26.7. The number of carbonyl (C=O) groups excluding carboxylic acids is 3. The maximum Gasteiger partial charge on any atom is 0.408 e. The Morgan fingerprint density at radius 3 is 1.98 bits per heavy atom. The van der Waals surface area contributed by atoms with E-state index >= 15 is 0 Å². The summed E-state index contributed by atoms with van der Waals surface area (Å²) in [5.74, 6) is -0.837. The van der Waals surface area contributed by atoms with Gasteiger partial charge in [-0.3, -0.25) is 9.59 Å². The van der Waals surface area contributed by atoms with Gasteiger partial charge in [0.1, 0.15) is 27.5 Å². The summed E-state index contributed by atoms with van der Waals surface area (Å²) >= 11 is 0. The molecule has 0 heterocycles. The molecule has 0 radical (unpaired) electrons. The van der Waals surface area contributed by atoms with Crippen LogP contribution in [0.15, 0.2) is 30.3 Å². The van der Waals surface area contributed by atoms with Crippen LogP contribution in [-0.4, -0.2) is 72.8 Å². The minimum Gasteiger partial charge on any atom is -0.444 e. The molecule has 234 valence electrons. The first-order valence-corrected chi connectivity index (χ1v) is 16.2. The van der Waals surface area contributed by atoms with Crippen molar-refractivity contribution in [3.8, 4) is 0 Å². The lowest BCUT2D eigenvalue weighted by Gasteiger charge is -2.28. The Labute approximate surface area is 246 Å². The highest BCUT2D eigenvalue weighted by Gasteiger charge is 2.30. The zero-order chi connectivity index (χ0) is 31.4. The summed E-state index contributed by atoms with van der Waals surface area (Å²) in [6.45, 7) is 14.4. The molecular weight excluding hydrogens is 546 g/mol. The van der Waals surface area contributed by atoms with Crippen LogP contribution in [0.3, 0.4) is 0 Å². The standard InChI is InChI=1S/C30H51N3O7S/c1-20(2)14-16-41(38,39)17-15-26(34)24(18-21(3)4)32-27(35)22(5)31-28(36)25(19-23-12-10-9-11-13-23)33-29(37)40-30(6,7)8/h9-13,20-22,24-26,34H,14-19H2,1-8H3,(H,31,36)(H,32,35)(H,33,37)/t22-,24-,25-,26-/m0/s1. The van der Waals surface area contributed by atoms with E-state index < -0.39 is 57.6 Å². The van der Waals surface area contributed by atoms with Crippen molar-refractivity contribution in [3.63, 3.8) is 0 Å². The van der Waals surface area contributed by atoms with Crippen LogP contribution in [-0.2, 0) is 30.6 Å². The van der Waals surface area contributed by atoms with Gasteiger partial charge >= 0.3 is 6.09 Å². The number of hydrogen-bond donors (Lipinski definition) is 4. The Morgan fingerprint density at radius 2 is 1.44 bits per heavy atom. The summed E-state index contributed by atoms with van der Waals surface area (Å²) in [7, 11) is -3.33. The highest BCUT2D eigenvalue weighted by molar-refractivity contribution is 7.91. The molecule has 1 aromatic carbocycles. The minimum atomic E-state index is -3.33. The van der Waals surface area contributed by atoms with Crippen LogP contribution in [0.5, 0.6) is 0 Å². The Balaban J connectivity index is 2.90. The van der Waals surface area contributed by atoms with Gasteiger partial charge in [0.05, 0.1) is 23.7 Å². The fraction of sp³-hybridized carbons (Fsp3) is 0.700. The molecule has 4 atom stereocenters. The number of nitrogens with one attached hydrogen (secondary N) is 3. The molecule has 3 amide bonds. The van der Waals surface area contributed by atoms with Gasteiger partial charge in [-0.1, -0.05) is 58.0 Å². The topological polar surface area (TPSA) is 151 Å². The fourth-order valence-electron chi connectivity index (χ4n) is 4.04. The molecule has 10 nitrogen and oxygen atoms in total. The van der Waals surface area contributed by atoms with Crippen LogP contribution in [0.1, 0.15) is 80.2 Å². The fourth-order valence-corrected chi connectivity index (χ4v) is 5.67. The predicted octanol–water partition coefficient (Wildman–Crippen LogP) is 3.37. The molecule has 0 saturated heterocycles. The quantitative estimate of drug-likeness (QED) is 0.228. The number of amides is 3. The molecule has 0 unspecified atom stereocenters.